The van der Waals surface area contributed by atoms with Crippen molar-refractivity contribution in [2.75, 3.05) is 32.2 Å². The second-order valence-electron chi connectivity index (χ2n) is 8.03. The molecule has 0 spiro atoms. The molecule has 5 nitrogen and oxygen atoms in total. The molecule has 3 aliphatic heterocycles. The molecule has 4 unspecified atom stereocenters. The lowest BCUT2D eigenvalue weighted by molar-refractivity contribution is 0.130. The molecule has 5 rings (SSSR count). The molecule has 0 saturated heterocycles. The quantitative estimate of drug-likeness (QED) is 0.745. The van der Waals surface area contributed by atoms with E-state index in [-0.39, 0.29) is 0 Å². The first-order valence-electron chi connectivity index (χ1n) is 9.36. The van der Waals surface area contributed by atoms with Crippen LogP contribution in [0.15, 0.2) is 52.6 Å². The third-order valence-corrected chi connectivity index (χ3v) is 6.40. The first kappa shape index (κ1) is 16.3. The minimum atomic E-state index is 0.441. The van der Waals surface area contributed by atoms with Crippen molar-refractivity contribution in [2.45, 2.75) is 24.9 Å². The van der Waals surface area contributed by atoms with Gasteiger partial charge < -0.3 is 14.7 Å². The number of fused-ring (bicyclic) bond motifs is 7. The maximum atomic E-state index is 6.32. The number of rotatable bonds is 2. The maximum Gasteiger partial charge on any atom is 0.169 e. The van der Waals surface area contributed by atoms with E-state index in [2.05, 4.69) is 69.5 Å². The van der Waals surface area contributed by atoms with Crippen LogP contribution in [0.1, 0.15) is 12.0 Å². The summed E-state index contributed by atoms with van der Waals surface area (Å²) in [6, 6.07) is 7.19. The fraction of sp³-hybridized carbons (Fsp3) is 0.500. The smallest absolute Gasteiger partial charge is 0.169 e. The fourth-order valence-electron chi connectivity index (χ4n) is 5.18. The third-order valence-electron chi connectivity index (χ3n) is 6.17. The molecule has 1 aliphatic carbocycles. The van der Waals surface area contributed by atoms with Gasteiger partial charge in [0.05, 0.1) is 0 Å². The number of anilines is 1. The van der Waals surface area contributed by atoms with Crippen molar-refractivity contribution in [1.82, 2.24) is 9.80 Å². The van der Waals surface area contributed by atoms with Gasteiger partial charge in [-0.3, -0.25) is 0 Å². The molecule has 4 aliphatic rings. The van der Waals surface area contributed by atoms with Crippen molar-refractivity contribution in [3.63, 3.8) is 0 Å². The van der Waals surface area contributed by atoms with Gasteiger partial charge in [0.25, 0.3) is 0 Å². The summed E-state index contributed by atoms with van der Waals surface area (Å²) >= 11 is 6.32. The molecule has 0 bridgehead atoms. The van der Waals surface area contributed by atoms with Crippen LogP contribution in [0.2, 0.25) is 5.02 Å². The van der Waals surface area contributed by atoms with Crippen LogP contribution in [0.5, 0.6) is 0 Å². The lowest BCUT2D eigenvalue weighted by atomic mass is 9.74. The van der Waals surface area contributed by atoms with E-state index in [1.54, 1.807) is 0 Å². The average molecular weight is 370 g/mol. The molecule has 0 saturated carbocycles. The highest BCUT2D eigenvalue weighted by molar-refractivity contribution is 6.30. The minimum absolute atomic E-state index is 0.441. The van der Waals surface area contributed by atoms with Crippen molar-refractivity contribution in [1.29, 1.82) is 0 Å². The second-order valence-corrected chi connectivity index (χ2v) is 8.46. The van der Waals surface area contributed by atoms with Gasteiger partial charge in [-0.15, -0.1) is 5.11 Å². The molecule has 6 heteroatoms. The molecule has 0 fully saturated rings. The minimum Gasteiger partial charge on any atom is -0.340 e. The molecular formula is C20H24ClN5. The number of halogens is 1. The van der Waals surface area contributed by atoms with Gasteiger partial charge in [0.2, 0.25) is 0 Å². The molecule has 4 atom stereocenters. The topological polar surface area (TPSA) is 34.4 Å². The van der Waals surface area contributed by atoms with Crippen LogP contribution in [0.3, 0.4) is 0 Å². The van der Waals surface area contributed by atoms with E-state index in [0.717, 1.165) is 30.2 Å². The molecule has 0 amide bonds. The predicted octanol–water partition coefficient (Wildman–Crippen LogP) is 3.73. The summed E-state index contributed by atoms with van der Waals surface area (Å²) in [6.45, 7) is 1.75. The Labute approximate surface area is 159 Å². The fourth-order valence-corrected chi connectivity index (χ4v) is 5.35. The van der Waals surface area contributed by atoms with E-state index in [1.165, 1.54) is 11.3 Å². The summed E-state index contributed by atoms with van der Waals surface area (Å²) in [5.74, 6) is 2.05. The normalized spacial score (nSPS) is 31.5. The highest BCUT2D eigenvalue weighted by Gasteiger charge is 2.47. The van der Waals surface area contributed by atoms with Gasteiger partial charge in [0.15, 0.2) is 5.82 Å². The van der Waals surface area contributed by atoms with Gasteiger partial charge in [-0.2, -0.15) is 5.11 Å². The zero-order valence-corrected chi connectivity index (χ0v) is 16.0. The largest absolute Gasteiger partial charge is 0.340 e. The predicted molar refractivity (Wildman–Crippen MR) is 104 cm³/mol. The Morgan fingerprint density at radius 3 is 3.00 bits per heavy atom. The van der Waals surface area contributed by atoms with Crippen LogP contribution in [0, 0.1) is 11.8 Å². The summed E-state index contributed by atoms with van der Waals surface area (Å²) in [5, 5.41) is 9.58. The molecule has 0 aromatic heterocycles. The van der Waals surface area contributed by atoms with Crippen LogP contribution >= 0.6 is 11.6 Å². The molecule has 1 aromatic rings. The van der Waals surface area contributed by atoms with Crippen LogP contribution < -0.4 is 4.90 Å². The summed E-state index contributed by atoms with van der Waals surface area (Å²) in [7, 11) is 4.33. The lowest BCUT2D eigenvalue weighted by Crippen LogP contribution is -2.51. The van der Waals surface area contributed by atoms with Crippen LogP contribution in [0.4, 0.5) is 5.69 Å². The van der Waals surface area contributed by atoms with Crippen molar-refractivity contribution < 1.29 is 0 Å². The van der Waals surface area contributed by atoms with Crippen LogP contribution in [-0.4, -0.2) is 49.2 Å². The summed E-state index contributed by atoms with van der Waals surface area (Å²) in [4.78, 5) is 7.14. The van der Waals surface area contributed by atoms with E-state index < -0.39 is 0 Å². The number of azo groups is 1. The summed E-state index contributed by atoms with van der Waals surface area (Å²) in [6.07, 6.45) is 9.14. The number of nitrogens with zero attached hydrogens (tertiary/aromatic N) is 5. The maximum absolute atomic E-state index is 6.32. The van der Waals surface area contributed by atoms with E-state index >= 15 is 0 Å². The highest BCUT2D eigenvalue weighted by atomic mass is 35.5. The molecule has 0 radical (unpaired) electrons. The SMILES string of the molecule is CN(C)CC1C=CCC2C1C1Cc3ccc(Cl)cc3N1C=C1N=NCN12. The summed E-state index contributed by atoms with van der Waals surface area (Å²) < 4.78 is 0. The first-order chi connectivity index (χ1) is 12.6. The van der Waals surface area contributed by atoms with Gasteiger partial charge in [0, 0.05) is 41.5 Å². The van der Waals surface area contributed by atoms with Gasteiger partial charge in [0.1, 0.15) is 6.67 Å². The first-order valence-corrected chi connectivity index (χ1v) is 9.74. The second kappa shape index (κ2) is 6.10. The summed E-state index contributed by atoms with van der Waals surface area (Å²) in [5.41, 5.74) is 2.62. The lowest BCUT2D eigenvalue weighted by Gasteiger charge is -2.43. The zero-order valence-electron chi connectivity index (χ0n) is 15.2. The standard InChI is InChI=1S/C20H24ClN5/c1-24(2)10-14-4-3-5-16-20(14)18-8-13-6-7-15(21)9-17(13)25(18)11-19-23-22-12-26(16)19/h3-4,6-7,9,11,14,16,18,20H,5,8,10,12H2,1-2H3. The molecule has 3 heterocycles. The zero-order chi connectivity index (χ0) is 17.8. The van der Waals surface area contributed by atoms with E-state index in [9.17, 15) is 0 Å². The monoisotopic (exact) mass is 369 g/mol. The van der Waals surface area contributed by atoms with Gasteiger partial charge in [-0.1, -0.05) is 29.8 Å². The Hall–Kier alpha value is -1.85. The van der Waals surface area contributed by atoms with Gasteiger partial charge in [-0.05, 0) is 50.6 Å². The van der Waals surface area contributed by atoms with Crippen molar-refractivity contribution in [3.05, 3.63) is 53.0 Å². The van der Waals surface area contributed by atoms with E-state index in [1.807, 2.05) is 6.07 Å². The molecule has 0 N–H and O–H groups in total. The molecular weight excluding hydrogens is 346 g/mol. The number of hydrogen-bond donors (Lipinski definition) is 0. The van der Waals surface area contributed by atoms with Crippen LogP contribution in [-0.2, 0) is 6.42 Å². The molecule has 1 aromatic carbocycles. The van der Waals surface area contributed by atoms with E-state index in [4.69, 9.17) is 11.6 Å². The highest BCUT2D eigenvalue weighted by Crippen LogP contribution is 2.46. The van der Waals surface area contributed by atoms with Crippen molar-refractivity contribution >= 4 is 17.3 Å². The average Bonchev–Trinajstić information content (AvgIpc) is 3.17. The van der Waals surface area contributed by atoms with Gasteiger partial charge >= 0.3 is 0 Å². The van der Waals surface area contributed by atoms with E-state index in [0.29, 0.717) is 30.6 Å². The number of hydrogen-bond acceptors (Lipinski definition) is 5. The van der Waals surface area contributed by atoms with Gasteiger partial charge in [-0.25, -0.2) is 0 Å². The Bertz CT molecular complexity index is 814. The third kappa shape index (κ3) is 2.48. The molecule has 26 heavy (non-hydrogen) atoms. The Balaban J connectivity index is 1.62. The van der Waals surface area contributed by atoms with Crippen LogP contribution in [0.25, 0.3) is 0 Å². The van der Waals surface area contributed by atoms with Crippen molar-refractivity contribution in [2.24, 2.45) is 22.1 Å². The Morgan fingerprint density at radius 2 is 2.15 bits per heavy atom. The Morgan fingerprint density at radius 1 is 1.27 bits per heavy atom. The number of benzene rings is 1. The van der Waals surface area contributed by atoms with Crippen molar-refractivity contribution in [3.8, 4) is 0 Å². The molecule has 136 valence electrons. The Kier molecular flexibility index (Phi) is 3.83.